The van der Waals surface area contributed by atoms with Crippen LogP contribution in [0.25, 0.3) is 0 Å². The van der Waals surface area contributed by atoms with E-state index in [9.17, 15) is 8.78 Å². The Morgan fingerprint density at radius 2 is 1.88 bits per heavy atom. The monoisotopic (exact) mass is 239 g/mol. The van der Waals surface area contributed by atoms with Crippen LogP contribution >= 0.6 is 11.3 Å². The lowest BCUT2D eigenvalue weighted by molar-refractivity contribution is 0.572. The summed E-state index contributed by atoms with van der Waals surface area (Å²) in [5.74, 6) is -1.10. The van der Waals surface area contributed by atoms with Crippen LogP contribution in [-0.4, -0.2) is 7.05 Å². The minimum atomic E-state index is -0.549. The maximum absolute atomic E-state index is 13.1. The average Bonchev–Trinajstić information content (AvgIpc) is 2.70. The second kappa shape index (κ2) is 4.72. The van der Waals surface area contributed by atoms with Gasteiger partial charge in [-0.15, -0.1) is 11.3 Å². The van der Waals surface area contributed by atoms with E-state index in [0.717, 1.165) is 10.9 Å². The summed E-state index contributed by atoms with van der Waals surface area (Å²) < 4.78 is 26.2. The van der Waals surface area contributed by atoms with Crippen LogP contribution in [0.5, 0.6) is 0 Å². The van der Waals surface area contributed by atoms with E-state index in [1.807, 2.05) is 17.5 Å². The van der Waals surface area contributed by atoms with E-state index in [0.29, 0.717) is 5.56 Å². The van der Waals surface area contributed by atoms with Crippen molar-refractivity contribution in [3.05, 3.63) is 57.8 Å². The molecule has 0 fully saturated rings. The number of nitrogens with one attached hydrogen (secondary N) is 1. The molecular formula is C12H11F2NS. The van der Waals surface area contributed by atoms with E-state index in [2.05, 4.69) is 5.32 Å². The van der Waals surface area contributed by atoms with Gasteiger partial charge in [-0.1, -0.05) is 6.07 Å². The maximum Gasteiger partial charge on any atom is 0.126 e. The Kier molecular flexibility index (Phi) is 3.31. The average molecular weight is 239 g/mol. The van der Waals surface area contributed by atoms with Gasteiger partial charge in [0.1, 0.15) is 11.6 Å². The van der Waals surface area contributed by atoms with Gasteiger partial charge in [0.2, 0.25) is 0 Å². The van der Waals surface area contributed by atoms with Gasteiger partial charge in [0.15, 0.2) is 0 Å². The molecule has 1 atom stereocenters. The van der Waals surface area contributed by atoms with Gasteiger partial charge in [-0.3, -0.25) is 0 Å². The first-order chi connectivity index (χ1) is 7.70. The largest absolute Gasteiger partial charge is 0.309 e. The Hall–Kier alpha value is -1.26. The fourth-order valence-corrected chi connectivity index (χ4v) is 2.53. The van der Waals surface area contributed by atoms with E-state index in [1.54, 1.807) is 18.4 Å². The van der Waals surface area contributed by atoms with Crippen LogP contribution in [0.1, 0.15) is 16.5 Å². The number of halogens is 2. The fourth-order valence-electron chi connectivity index (χ4n) is 1.67. The molecule has 1 heterocycles. The molecule has 1 aromatic heterocycles. The van der Waals surface area contributed by atoms with E-state index in [-0.39, 0.29) is 6.04 Å². The summed E-state index contributed by atoms with van der Waals surface area (Å²) in [6.07, 6.45) is 0. The van der Waals surface area contributed by atoms with Crippen LogP contribution in [0.2, 0.25) is 0 Å². The van der Waals surface area contributed by atoms with Crippen molar-refractivity contribution >= 4 is 11.3 Å². The minimum Gasteiger partial charge on any atom is -0.309 e. The molecule has 0 aliphatic rings. The van der Waals surface area contributed by atoms with Crippen molar-refractivity contribution < 1.29 is 8.78 Å². The smallest absolute Gasteiger partial charge is 0.126 e. The lowest BCUT2D eigenvalue weighted by Crippen LogP contribution is -2.16. The molecule has 0 bridgehead atoms. The van der Waals surface area contributed by atoms with Crippen molar-refractivity contribution in [3.8, 4) is 0 Å². The lowest BCUT2D eigenvalue weighted by atomic mass is 10.1. The summed E-state index contributed by atoms with van der Waals surface area (Å²) in [5, 5.41) is 4.99. The van der Waals surface area contributed by atoms with Crippen molar-refractivity contribution in [2.24, 2.45) is 0 Å². The zero-order chi connectivity index (χ0) is 11.5. The second-order valence-electron chi connectivity index (χ2n) is 3.44. The third-order valence-corrected chi connectivity index (χ3v) is 3.27. The Labute approximate surface area is 96.7 Å². The van der Waals surface area contributed by atoms with Crippen molar-refractivity contribution in [1.82, 2.24) is 5.32 Å². The molecule has 1 nitrogen and oxygen atoms in total. The van der Waals surface area contributed by atoms with Gasteiger partial charge < -0.3 is 5.32 Å². The van der Waals surface area contributed by atoms with Gasteiger partial charge in [-0.2, -0.15) is 0 Å². The van der Waals surface area contributed by atoms with Crippen LogP contribution in [0.4, 0.5) is 8.78 Å². The van der Waals surface area contributed by atoms with Crippen LogP contribution < -0.4 is 5.32 Å². The molecule has 84 valence electrons. The zero-order valence-electron chi connectivity index (χ0n) is 8.71. The number of hydrogen-bond donors (Lipinski definition) is 1. The SMILES string of the molecule is CNC(c1cc(F)cc(F)c1)c1cccs1. The van der Waals surface area contributed by atoms with Gasteiger partial charge >= 0.3 is 0 Å². The van der Waals surface area contributed by atoms with Gasteiger partial charge in [0, 0.05) is 10.9 Å². The van der Waals surface area contributed by atoms with Crippen molar-refractivity contribution in [1.29, 1.82) is 0 Å². The van der Waals surface area contributed by atoms with Gasteiger partial charge in [0.25, 0.3) is 0 Å². The third kappa shape index (κ3) is 2.28. The highest BCUT2D eigenvalue weighted by molar-refractivity contribution is 7.10. The molecule has 1 N–H and O–H groups in total. The highest BCUT2D eigenvalue weighted by atomic mass is 32.1. The van der Waals surface area contributed by atoms with Crippen molar-refractivity contribution in [2.45, 2.75) is 6.04 Å². The molecule has 0 aliphatic carbocycles. The highest BCUT2D eigenvalue weighted by Gasteiger charge is 2.14. The van der Waals surface area contributed by atoms with Crippen LogP contribution in [0.15, 0.2) is 35.7 Å². The Balaban J connectivity index is 2.41. The predicted octanol–water partition coefficient (Wildman–Crippen LogP) is 3.34. The Morgan fingerprint density at radius 1 is 1.19 bits per heavy atom. The Morgan fingerprint density at radius 3 is 2.38 bits per heavy atom. The number of thiophene rings is 1. The fraction of sp³-hybridized carbons (Fsp3) is 0.167. The normalized spacial score (nSPS) is 12.7. The number of benzene rings is 1. The van der Waals surface area contributed by atoms with Crippen LogP contribution in [0, 0.1) is 11.6 Å². The molecule has 0 amide bonds. The molecule has 1 unspecified atom stereocenters. The maximum atomic E-state index is 13.1. The first kappa shape index (κ1) is 11.2. The van der Waals surface area contributed by atoms with Gasteiger partial charge in [0.05, 0.1) is 6.04 Å². The summed E-state index contributed by atoms with van der Waals surface area (Å²) in [4.78, 5) is 1.03. The highest BCUT2D eigenvalue weighted by Crippen LogP contribution is 2.26. The molecule has 0 saturated carbocycles. The van der Waals surface area contributed by atoms with Crippen molar-refractivity contribution in [3.63, 3.8) is 0 Å². The van der Waals surface area contributed by atoms with Crippen LogP contribution in [0.3, 0.4) is 0 Å². The summed E-state index contributed by atoms with van der Waals surface area (Å²) in [7, 11) is 1.77. The van der Waals surface area contributed by atoms with Gasteiger partial charge in [-0.25, -0.2) is 8.78 Å². The first-order valence-electron chi connectivity index (χ1n) is 4.87. The predicted molar refractivity (Wildman–Crippen MR) is 61.6 cm³/mol. The van der Waals surface area contributed by atoms with E-state index in [1.165, 1.54) is 12.1 Å². The summed E-state index contributed by atoms with van der Waals surface area (Å²) in [5.41, 5.74) is 0.599. The standard InChI is InChI=1S/C12H11F2NS/c1-15-12(11-3-2-4-16-11)8-5-9(13)7-10(14)6-8/h2-7,12,15H,1H3. The van der Waals surface area contributed by atoms with Crippen LogP contribution in [-0.2, 0) is 0 Å². The molecule has 0 saturated heterocycles. The molecule has 2 rings (SSSR count). The zero-order valence-corrected chi connectivity index (χ0v) is 9.52. The Bertz CT molecular complexity index is 448. The number of rotatable bonds is 3. The molecule has 2 aromatic rings. The molecular weight excluding hydrogens is 228 g/mol. The summed E-state index contributed by atoms with van der Waals surface area (Å²) in [6.45, 7) is 0. The molecule has 0 spiro atoms. The van der Waals surface area contributed by atoms with E-state index < -0.39 is 11.6 Å². The molecule has 16 heavy (non-hydrogen) atoms. The number of hydrogen-bond acceptors (Lipinski definition) is 2. The summed E-state index contributed by atoms with van der Waals surface area (Å²) >= 11 is 1.55. The molecule has 4 heteroatoms. The first-order valence-corrected chi connectivity index (χ1v) is 5.75. The van der Waals surface area contributed by atoms with E-state index in [4.69, 9.17) is 0 Å². The third-order valence-electron chi connectivity index (χ3n) is 2.33. The van der Waals surface area contributed by atoms with E-state index >= 15 is 0 Å². The molecule has 1 aromatic carbocycles. The van der Waals surface area contributed by atoms with Gasteiger partial charge in [-0.05, 0) is 36.2 Å². The summed E-state index contributed by atoms with van der Waals surface area (Å²) in [6, 6.07) is 7.28. The molecule has 0 aliphatic heterocycles. The lowest BCUT2D eigenvalue weighted by Gasteiger charge is -2.15. The topological polar surface area (TPSA) is 12.0 Å². The quantitative estimate of drug-likeness (QED) is 0.866. The van der Waals surface area contributed by atoms with Crippen molar-refractivity contribution in [2.75, 3.05) is 7.05 Å². The second-order valence-corrected chi connectivity index (χ2v) is 4.42. The minimum absolute atomic E-state index is 0.162. The molecule has 0 radical (unpaired) electrons.